The van der Waals surface area contributed by atoms with Crippen LogP contribution in [-0.2, 0) is 22.9 Å². The number of carbonyl (C=O) groups is 1. The van der Waals surface area contributed by atoms with Gasteiger partial charge in [-0.25, -0.2) is 8.42 Å². The number of nitrogens with zero attached hydrogens (tertiary/aromatic N) is 2. The van der Waals surface area contributed by atoms with Gasteiger partial charge < -0.3 is 4.90 Å². The maximum atomic E-state index is 13.2. The molecule has 0 unspecified atom stereocenters. The quantitative estimate of drug-likeness (QED) is 0.836. The van der Waals surface area contributed by atoms with Gasteiger partial charge in [0.25, 0.3) is 0 Å². The second kappa shape index (κ2) is 7.29. The summed E-state index contributed by atoms with van der Waals surface area (Å²) < 4.78 is 25.4. The molecule has 0 atom stereocenters. The first-order valence-corrected chi connectivity index (χ1v) is 11.5. The highest BCUT2D eigenvalue weighted by molar-refractivity contribution is 7.92. The predicted molar refractivity (Wildman–Crippen MR) is 109 cm³/mol. The van der Waals surface area contributed by atoms with E-state index in [4.69, 9.17) is 0 Å². The number of aromatic nitrogens is 1. The summed E-state index contributed by atoms with van der Waals surface area (Å²) in [5.74, 6) is 0.170. The Morgan fingerprint density at radius 1 is 1.18 bits per heavy atom. The number of Topliss-reactive ketones (excluding diaryl/α,β-unsaturated/α-hetero) is 1. The number of hydrogen-bond acceptors (Lipinski definition) is 5. The molecule has 2 aliphatic rings. The molecule has 6 nitrogen and oxygen atoms in total. The van der Waals surface area contributed by atoms with E-state index in [9.17, 15) is 13.2 Å². The van der Waals surface area contributed by atoms with Gasteiger partial charge in [0.2, 0.25) is 10.0 Å². The number of anilines is 1. The maximum absolute atomic E-state index is 13.2. The van der Waals surface area contributed by atoms with Crippen LogP contribution in [0.4, 0.5) is 5.69 Å². The lowest BCUT2D eigenvalue weighted by atomic mass is 9.75. The third-order valence-corrected chi connectivity index (χ3v) is 6.50. The number of pyridine rings is 1. The first-order valence-electron chi connectivity index (χ1n) is 9.62. The van der Waals surface area contributed by atoms with E-state index < -0.39 is 10.0 Å². The molecule has 0 radical (unpaired) electrons. The fourth-order valence-corrected chi connectivity index (χ4v) is 4.93. The number of rotatable bonds is 5. The van der Waals surface area contributed by atoms with Gasteiger partial charge in [-0.3, -0.25) is 14.5 Å². The van der Waals surface area contributed by atoms with Gasteiger partial charge in [0, 0.05) is 41.5 Å². The van der Waals surface area contributed by atoms with Crippen molar-refractivity contribution in [2.45, 2.75) is 25.7 Å². The third kappa shape index (κ3) is 3.95. The third-order valence-electron chi connectivity index (χ3n) is 5.89. The molecule has 0 saturated carbocycles. The van der Waals surface area contributed by atoms with E-state index in [0.29, 0.717) is 11.3 Å². The molecule has 0 amide bonds. The first-order chi connectivity index (χ1) is 13.3. The van der Waals surface area contributed by atoms with E-state index in [1.165, 1.54) is 0 Å². The average molecular weight is 400 g/mol. The normalized spacial score (nSPS) is 19.0. The summed E-state index contributed by atoms with van der Waals surface area (Å²) in [7, 11) is -3.36. The van der Waals surface area contributed by atoms with Gasteiger partial charge in [0.05, 0.1) is 6.26 Å². The minimum atomic E-state index is -3.36. The Morgan fingerprint density at radius 2 is 1.96 bits per heavy atom. The lowest BCUT2D eigenvalue weighted by Gasteiger charge is -2.38. The highest BCUT2D eigenvalue weighted by Crippen LogP contribution is 2.45. The molecule has 4 rings (SSSR count). The lowest BCUT2D eigenvalue weighted by molar-refractivity contribution is 0.0636. The van der Waals surface area contributed by atoms with Gasteiger partial charge >= 0.3 is 0 Å². The van der Waals surface area contributed by atoms with Crippen LogP contribution in [0.2, 0.25) is 0 Å². The second-order valence-corrected chi connectivity index (χ2v) is 9.69. The van der Waals surface area contributed by atoms with Crippen molar-refractivity contribution < 1.29 is 13.2 Å². The zero-order valence-electron chi connectivity index (χ0n) is 16.0. The van der Waals surface area contributed by atoms with Gasteiger partial charge in [0.15, 0.2) is 5.78 Å². The molecule has 1 aromatic heterocycles. The Balaban J connectivity index is 1.40. The van der Waals surface area contributed by atoms with Crippen LogP contribution in [0.5, 0.6) is 0 Å². The second-order valence-electron chi connectivity index (χ2n) is 7.95. The molecule has 1 N–H and O–H groups in total. The summed E-state index contributed by atoms with van der Waals surface area (Å²) in [6, 6.07) is 11.3. The van der Waals surface area contributed by atoms with Crippen LogP contribution in [0.15, 0.2) is 42.6 Å². The molecule has 1 aromatic carbocycles. The predicted octanol–water partition coefficient (Wildman–Crippen LogP) is 2.52. The number of sulfonamides is 1. The molecule has 1 fully saturated rings. The summed E-state index contributed by atoms with van der Waals surface area (Å²) >= 11 is 0. The lowest BCUT2D eigenvalue weighted by Crippen LogP contribution is -2.43. The van der Waals surface area contributed by atoms with E-state index in [2.05, 4.69) is 14.6 Å². The highest BCUT2D eigenvalue weighted by atomic mass is 32.2. The zero-order chi connectivity index (χ0) is 19.8. The van der Waals surface area contributed by atoms with Crippen LogP contribution >= 0.6 is 0 Å². The number of hydrogen-bond donors (Lipinski definition) is 1. The number of piperidine rings is 1. The average Bonchev–Trinajstić information content (AvgIpc) is 2.93. The molecule has 28 heavy (non-hydrogen) atoms. The number of fused-ring (bicyclic) bond motifs is 1. The standard InChI is InChI=1S/C21H25N3O3S/c1-28(26,27)23-18-6-5-16-15-21(20(25)19(16)14-18)8-12-24(13-9-21)11-7-17-4-2-3-10-22-17/h2-6,10,14,23H,7-9,11-13,15H2,1H3. The summed E-state index contributed by atoms with van der Waals surface area (Å²) in [6.45, 7) is 2.76. The topological polar surface area (TPSA) is 79.4 Å². The molecule has 1 spiro atoms. The van der Waals surface area contributed by atoms with Crippen molar-refractivity contribution in [3.05, 3.63) is 59.4 Å². The van der Waals surface area contributed by atoms with Crippen molar-refractivity contribution >= 4 is 21.5 Å². The van der Waals surface area contributed by atoms with Crippen molar-refractivity contribution in [2.24, 2.45) is 5.41 Å². The summed E-state index contributed by atoms with van der Waals surface area (Å²) in [6.07, 6.45) is 6.30. The van der Waals surface area contributed by atoms with E-state index in [1.54, 1.807) is 12.1 Å². The minimum absolute atomic E-state index is 0.170. The number of carbonyl (C=O) groups excluding carboxylic acids is 1. The fraction of sp³-hybridized carbons (Fsp3) is 0.429. The Labute approximate surface area is 166 Å². The van der Waals surface area contributed by atoms with Gasteiger partial charge in [-0.15, -0.1) is 0 Å². The number of ketones is 1. The van der Waals surface area contributed by atoms with Crippen molar-refractivity contribution in [1.82, 2.24) is 9.88 Å². The van der Waals surface area contributed by atoms with Gasteiger partial charge in [0.1, 0.15) is 0 Å². The molecule has 2 heterocycles. The van der Waals surface area contributed by atoms with Crippen LogP contribution in [0.3, 0.4) is 0 Å². The van der Waals surface area contributed by atoms with E-state index in [1.807, 2.05) is 30.5 Å². The molecule has 2 aromatic rings. The van der Waals surface area contributed by atoms with E-state index in [-0.39, 0.29) is 11.2 Å². The SMILES string of the molecule is CS(=O)(=O)Nc1ccc2c(c1)C(=O)C1(CCN(CCc3ccccn3)CC1)C2. The molecule has 7 heteroatoms. The van der Waals surface area contributed by atoms with Crippen LogP contribution in [0, 0.1) is 5.41 Å². The minimum Gasteiger partial charge on any atom is -0.303 e. The Morgan fingerprint density at radius 3 is 2.64 bits per heavy atom. The van der Waals surface area contributed by atoms with Crippen molar-refractivity contribution in [3.8, 4) is 0 Å². The Bertz CT molecular complexity index is 981. The number of benzene rings is 1. The molecule has 1 saturated heterocycles. The summed E-state index contributed by atoms with van der Waals surface area (Å²) in [5.41, 5.74) is 2.94. The van der Waals surface area contributed by atoms with Crippen molar-refractivity contribution in [1.29, 1.82) is 0 Å². The van der Waals surface area contributed by atoms with Gasteiger partial charge in [-0.05, 0) is 62.2 Å². The Kier molecular flexibility index (Phi) is 4.97. The zero-order valence-corrected chi connectivity index (χ0v) is 16.8. The molecule has 1 aliphatic heterocycles. The number of likely N-dealkylation sites (tertiary alicyclic amines) is 1. The molecule has 0 bridgehead atoms. The van der Waals surface area contributed by atoms with Crippen LogP contribution in [0.25, 0.3) is 0 Å². The monoisotopic (exact) mass is 399 g/mol. The first kappa shape index (κ1) is 19.1. The van der Waals surface area contributed by atoms with Crippen molar-refractivity contribution in [2.75, 3.05) is 30.6 Å². The Hall–Kier alpha value is -2.25. The van der Waals surface area contributed by atoms with Crippen LogP contribution in [0.1, 0.15) is 34.5 Å². The molecular formula is C21H25N3O3S. The van der Waals surface area contributed by atoms with Crippen LogP contribution in [-0.4, -0.2) is 50.0 Å². The molecule has 1 aliphatic carbocycles. The largest absolute Gasteiger partial charge is 0.303 e. The van der Waals surface area contributed by atoms with Crippen LogP contribution < -0.4 is 4.72 Å². The summed E-state index contributed by atoms with van der Waals surface area (Å²) in [4.78, 5) is 20.0. The molecular weight excluding hydrogens is 374 g/mol. The fourth-order valence-electron chi connectivity index (χ4n) is 4.38. The highest BCUT2D eigenvalue weighted by Gasteiger charge is 2.46. The number of nitrogens with one attached hydrogen (secondary N) is 1. The summed E-state index contributed by atoms with van der Waals surface area (Å²) in [5, 5.41) is 0. The van der Waals surface area contributed by atoms with Gasteiger partial charge in [-0.2, -0.15) is 0 Å². The van der Waals surface area contributed by atoms with Crippen molar-refractivity contribution in [3.63, 3.8) is 0 Å². The van der Waals surface area contributed by atoms with E-state index in [0.717, 1.165) is 62.8 Å². The van der Waals surface area contributed by atoms with E-state index >= 15 is 0 Å². The molecule has 148 valence electrons. The maximum Gasteiger partial charge on any atom is 0.229 e. The van der Waals surface area contributed by atoms with Gasteiger partial charge in [-0.1, -0.05) is 12.1 Å². The smallest absolute Gasteiger partial charge is 0.229 e.